The van der Waals surface area contributed by atoms with Gasteiger partial charge in [-0.05, 0) is 29.9 Å². The second kappa shape index (κ2) is 4.08. The van der Waals surface area contributed by atoms with Crippen LogP contribution in [0.1, 0.15) is 29.9 Å². The van der Waals surface area contributed by atoms with Gasteiger partial charge in [-0.3, -0.25) is 0 Å². The zero-order valence-electron chi connectivity index (χ0n) is 9.44. The Balaban J connectivity index is 1.78. The fourth-order valence-electron chi connectivity index (χ4n) is 1.98. The van der Waals surface area contributed by atoms with Crippen molar-refractivity contribution in [1.29, 1.82) is 0 Å². The summed E-state index contributed by atoms with van der Waals surface area (Å²) in [6.45, 7) is 0.670. The first-order valence-corrected chi connectivity index (χ1v) is 6.17. The van der Waals surface area contributed by atoms with Gasteiger partial charge >= 0.3 is 0 Å². The first-order valence-electron chi connectivity index (χ1n) is 5.79. The Bertz CT molecular complexity index is 526. The van der Waals surface area contributed by atoms with Gasteiger partial charge in [0.15, 0.2) is 0 Å². The van der Waals surface area contributed by atoms with Gasteiger partial charge < -0.3 is 5.73 Å². The SMILES string of the molecule is Nc1c(Cl)cnn1Cc1ccc(C2CC2)cc1. The van der Waals surface area contributed by atoms with Gasteiger partial charge in [-0.15, -0.1) is 0 Å². The van der Waals surface area contributed by atoms with Crippen molar-refractivity contribution in [3.8, 4) is 0 Å². The fraction of sp³-hybridized carbons (Fsp3) is 0.308. The highest BCUT2D eigenvalue weighted by atomic mass is 35.5. The maximum absolute atomic E-state index is 5.86. The lowest BCUT2D eigenvalue weighted by Gasteiger charge is -2.05. The summed E-state index contributed by atoms with van der Waals surface area (Å²) in [7, 11) is 0. The lowest BCUT2D eigenvalue weighted by molar-refractivity contribution is 0.697. The topological polar surface area (TPSA) is 43.8 Å². The van der Waals surface area contributed by atoms with Crippen LogP contribution in [0.3, 0.4) is 0 Å². The number of aromatic nitrogens is 2. The summed E-state index contributed by atoms with van der Waals surface area (Å²) in [6.07, 6.45) is 4.25. The molecule has 1 aromatic heterocycles. The molecule has 0 bridgehead atoms. The van der Waals surface area contributed by atoms with Crippen LogP contribution in [0.4, 0.5) is 5.82 Å². The standard InChI is InChI=1S/C13H14ClN3/c14-12-7-16-17(13(12)15)8-9-1-3-10(4-2-9)11-5-6-11/h1-4,7,11H,5-6,8,15H2. The van der Waals surface area contributed by atoms with Crippen molar-refractivity contribution < 1.29 is 0 Å². The Hall–Kier alpha value is -1.48. The first-order chi connectivity index (χ1) is 8.24. The predicted octanol–water partition coefficient (Wildman–Crippen LogP) is 3.04. The molecule has 88 valence electrons. The van der Waals surface area contributed by atoms with Gasteiger partial charge in [0.1, 0.15) is 10.8 Å². The molecule has 1 heterocycles. The van der Waals surface area contributed by atoms with Gasteiger partial charge in [0.2, 0.25) is 0 Å². The highest BCUT2D eigenvalue weighted by molar-refractivity contribution is 6.32. The second-order valence-corrected chi connectivity index (χ2v) is 4.96. The van der Waals surface area contributed by atoms with Crippen LogP contribution >= 0.6 is 11.6 Å². The molecule has 1 aliphatic carbocycles. The molecule has 17 heavy (non-hydrogen) atoms. The molecule has 0 atom stereocenters. The average molecular weight is 248 g/mol. The summed E-state index contributed by atoms with van der Waals surface area (Å²) in [6, 6.07) is 8.69. The molecule has 0 saturated heterocycles. The number of nitrogens with two attached hydrogens (primary N) is 1. The van der Waals surface area contributed by atoms with E-state index >= 15 is 0 Å². The summed E-state index contributed by atoms with van der Waals surface area (Å²) >= 11 is 5.86. The van der Waals surface area contributed by atoms with E-state index in [0.29, 0.717) is 17.4 Å². The molecule has 0 unspecified atom stereocenters. The molecule has 2 aromatic rings. The molecule has 0 aliphatic heterocycles. The monoisotopic (exact) mass is 247 g/mol. The van der Waals surface area contributed by atoms with Crippen molar-refractivity contribution in [2.24, 2.45) is 0 Å². The fourth-order valence-corrected chi connectivity index (χ4v) is 2.12. The smallest absolute Gasteiger partial charge is 0.140 e. The Labute approximate surface area is 105 Å². The van der Waals surface area contributed by atoms with E-state index < -0.39 is 0 Å². The van der Waals surface area contributed by atoms with Gasteiger partial charge in [0.05, 0.1) is 12.7 Å². The van der Waals surface area contributed by atoms with E-state index in [9.17, 15) is 0 Å². The molecule has 3 rings (SSSR count). The molecule has 1 saturated carbocycles. The van der Waals surface area contributed by atoms with Crippen molar-refractivity contribution >= 4 is 17.4 Å². The van der Waals surface area contributed by atoms with Crippen LogP contribution in [0.2, 0.25) is 5.02 Å². The maximum Gasteiger partial charge on any atom is 0.140 e. The third-order valence-electron chi connectivity index (χ3n) is 3.19. The van der Waals surface area contributed by atoms with Gasteiger partial charge in [0, 0.05) is 0 Å². The Morgan fingerprint density at radius 1 is 1.29 bits per heavy atom. The first kappa shape index (κ1) is 10.7. The minimum atomic E-state index is 0.514. The van der Waals surface area contributed by atoms with Gasteiger partial charge in [-0.25, -0.2) is 4.68 Å². The summed E-state index contributed by atoms with van der Waals surface area (Å²) in [4.78, 5) is 0. The van der Waals surface area contributed by atoms with E-state index in [1.54, 1.807) is 10.9 Å². The molecule has 3 nitrogen and oxygen atoms in total. The molecule has 1 aliphatic rings. The summed E-state index contributed by atoms with van der Waals surface area (Å²) < 4.78 is 1.72. The van der Waals surface area contributed by atoms with E-state index in [-0.39, 0.29) is 0 Å². The minimum absolute atomic E-state index is 0.514. The summed E-state index contributed by atoms with van der Waals surface area (Å²) in [5.41, 5.74) is 8.45. The number of hydrogen-bond acceptors (Lipinski definition) is 2. The quantitative estimate of drug-likeness (QED) is 0.906. The Morgan fingerprint density at radius 2 is 2.00 bits per heavy atom. The Morgan fingerprint density at radius 3 is 2.53 bits per heavy atom. The van der Waals surface area contributed by atoms with Crippen LogP contribution in [0.15, 0.2) is 30.5 Å². The lowest BCUT2D eigenvalue weighted by atomic mass is 10.1. The maximum atomic E-state index is 5.86. The molecular formula is C13H14ClN3. The number of rotatable bonds is 3. The zero-order valence-corrected chi connectivity index (χ0v) is 10.2. The van der Waals surface area contributed by atoms with E-state index in [2.05, 4.69) is 29.4 Å². The van der Waals surface area contributed by atoms with Gasteiger partial charge in [0.25, 0.3) is 0 Å². The summed E-state index contributed by atoms with van der Waals surface area (Å²) in [5, 5.41) is 4.65. The third-order valence-corrected chi connectivity index (χ3v) is 3.49. The van der Waals surface area contributed by atoms with Crippen molar-refractivity contribution in [3.63, 3.8) is 0 Å². The highest BCUT2D eigenvalue weighted by Crippen LogP contribution is 2.39. The number of anilines is 1. The highest BCUT2D eigenvalue weighted by Gasteiger charge is 2.22. The molecule has 0 amide bonds. The van der Waals surface area contributed by atoms with E-state index in [1.807, 2.05) is 0 Å². The predicted molar refractivity (Wildman–Crippen MR) is 69.2 cm³/mol. The number of halogens is 1. The molecule has 2 N–H and O–H groups in total. The lowest BCUT2D eigenvalue weighted by Crippen LogP contribution is -2.05. The van der Waals surface area contributed by atoms with Crippen LogP contribution in [-0.2, 0) is 6.54 Å². The molecular weight excluding hydrogens is 234 g/mol. The van der Waals surface area contributed by atoms with E-state index in [1.165, 1.54) is 24.0 Å². The van der Waals surface area contributed by atoms with E-state index in [0.717, 1.165) is 5.92 Å². The van der Waals surface area contributed by atoms with Crippen LogP contribution in [0.5, 0.6) is 0 Å². The van der Waals surface area contributed by atoms with Gasteiger partial charge in [-0.2, -0.15) is 5.10 Å². The average Bonchev–Trinajstić information content (AvgIpc) is 3.14. The largest absolute Gasteiger partial charge is 0.383 e. The van der Waals surface area contributed by atoms with Crippen molar-refractivity contribution in [2.45, 2.75) is 25.3 Å². The van der Waals surface area contributed by atoms with E-state index in [4.69, 9.17) is 17.3 Å². The number of nitrogens with zero attached hydrogens (tertiary/aromatic N) is 2. The van der Waals surface area contributed by atoms with Crippen molar-refractivity contribution in [2.75, 3.05) is 5.73 Å². The Kier molecular flexibility index (Phi) is 2.56. The third kappa shape index (κ3) is 2.15. The molecule has 0 radical (unpaired) electrons. The number of benzene rings is 1. The van der Waals surface area contributed by atoms with Crippen molar-refractivity contribution in [3.05, 3.63) is 46.6 Å². The van der Waals surface area contributed by atoms with Crippen LogP contribution in [0, 0.1) is 0 Å². The number of hydrogen-bond donors (Lipinski definition) is 1. The van der Waals surface area contributed by atoms with Gasteiger partial charge in [-0.1, -0.05) is 35.9 Å². The van der Waals surface area contributed by atoms with Crippen LogP contribution in [-0.4, -0.2) is 9.78 Å². The molecule has 1 aromatic carbocycles. The molecule has 4 heteroatoms. The molecule has 0 spiro atoms. The molecule has 1 fully saturated rings. The summed E-state index contributed by atoms with van der Waals surface area (Å²) in [5.74, 6) is 1.33. The number of nitrogen functional groups attached to an aromatic ring is 1. The van der Waals surface area contributed by atoms with Crippen molar-refractivity contribution in [1.82, 2.24) is 9.78 Å². The normalized spacial score (nSPS) is 15.1. The second-order valence-electron chi connectivity index (χ2n) is 4.55. The minimum Gasteiger partial charge on any atom is -0.383 e. The van der Waals surface area contributed by atoms with Crippen LogP contribution in [0.25, 0.3) is 0 Å². The van der Waals surface area contributed by atoms with Crippen LogP contribution < -0.4 is 5.73 Å². The zero-order chi connectivity index (χ0) is 11.8.